The summed E-state index contributed by atoms with van der Waals surface area (Å²) in [5.41, 5.74) is 0.259. The predicted octanol–water partition coefficient (Wildman–Crippen LogP) is 3.04. The Hall–Kier alpha value is -0.330. The quantitative estimate of drug-likeness (QED) is 0.588. The summed E-state index contributed by atoms with van der Waals surface area (Å²) in [5.74, 6) is 1.44. The maximum atomic E-state index is 11.5. The van der Waals surface area contributed by atoms with Crippen LogP contribution in [0.5, 0.6) is 0 Å². The fourth-order valence-corrected chi connectivity index (χ4v) is 2.35. The Kier molecular flexibility index (Phi) is 2.60. The molecule has 3 atom stereocenters. The van der Waals surface area contributed by atoms with E-state index in [1.807, 2.05) is 0 Å². The van der Waals surface area contributed by atoms with Crippen molar-refractivity contribution in [1.82, 2.24) is 0 Å². The number of rotatable bonds is 1. The Bertz CT molecular complexity index is 185. The molecule has 0 N–H and O–H groups in total. The summed E-state index contributed by atoms with van der Waals surface area (Å²) in [6, 6.07) is 0. The zero-order valence-electron chi connectivity index (χ0n) is 8.68. The van der Waals surface area contributed by atoms with E-state index in [0.717, 1.165) is 19.3 Å². The molecule has 0 bridgehead atoms. The van der Waals surface area contributed by atoms with Gasteiger partial charge in [0.05, 0.1) is 0 Å². The van der Waals surface area contributed by atoms with Crippen LogP contribution < -0.4 is 0 Å². The minimum Gasteiger partial charge on any atom is -0.299 e. The normalized spacial score (nSPS) is 43.2. The molecule has 0 radical (unpaired) electrons. The third kappa shape index (κ3) is 1.30. The molecule has 70 valence electrons. The highest BCUT2D eigenvalue weighted by molar-refractivity contribution is 5.82. The first-order valence-electron chi connectivity index (χ1n) is 5.05. The van der Waals surface area contributed by atoms with Crippen LogP contribution in [0.25, 0.3) is 0 Å². The predicted molar refractivity (Wildman–Crippen MR) is 51.0 cm³/mol. The Morgan fingerprint density at radius 1 is 1.50 bits per heavy atom. The Morgan fingerprint density at radius 2 is 2.08 bits per heavy atom. The van der Waals surface area contributed by atoms with Crippen LogP contribution in [0.1, 0.15) is 47.0 Å². The smallest absolute Gasteiger partial charge is 0.136 e. The summed E-state index contributed by atoms with van der Waals surface area (Å²) in [5, 5.41) is 0. The zero-order chi connectivity index (χ0) is 9.35. The van der Waals surface area contributed by atoms with E-state index in [2.05, 4.69) is 27.7 Å². The lowest BCUT2D eigenvalue weighted by Crippen LogP contribution is -2.40. The first-order valence-corrected chi connectivity index (χ1v) is 5.05. The third-order valence-electron chi connectivity index (χ3n) is 4.18. The van der Waals surface area contributed by atoms with Crippen molar-refractivity contribution in [2.24, 2.45) is 17.3 Å². The van der Waals surface area contributed by atoms with Gasteiger partial charge in [-0.2, -0.15) is 0 Å². The SMILES string of the molecule is CCC1(C)C(C)CCC(=O)C1C. The molecule has 0 amide bonds. The lowest BCUT2D eigenvalue weighted by atomic mass is 9.60. The summed E-state index contributed by atoms with van der Waals surface area (Å²) in [6.45, 7) is 8.85. The van der Waals surface area contributed by atoms with E-state index < -0.39 is 0 Å². The van der Waals surface area contributed by atoms with Gasteiger partial charge in [0.15, 0.2) is 0 Å². The minimum atomic E-state index is 0.259. The standard InChI is InChI=1S/C11H20O/c1-5-11(4)8(2)6-7-10(12)9(11)3/h8-9H,5-7H2,1-4H3. The van der Waals surface area contributed by atoms with Gasteiger partial charge in [0.2, 0.25) is 0 Å². The number of carbonyl (C=O) groups excluding carboxylic acids is 1. The molecular formula is C11H20O. The molecule has 1 fully saturated rings. The van der Waals surface area contributed by atoms with Crippen molar-refractivity contribution in [3.05, 3.63) is 0 Å². The maximum absolute atomic E-state index is 11.5. The fraction of sp³-hybridized carbons (Fsp3) is 0.909. The first kappa shape index (κ1) is 9.76. The monoisotopic (exact) mass is 168 g/mol. The van der Waals surface area contributed by atoms with Crippen LogP contribution in [0.2, 0.25) is 0 Å². The molecule has 1 rings (SSSR count). The Morgan fingerprint density at radius 3 is 2.50 bits per heavy atom. The largest absolute Gasteiger partial charge is 0.299 e. The molecule has 0 heterocycles. The molecule has 1 aliphatic rings. The maximum Gasteiger partial charge on any atom is 0.136 e. The summed E-state index contributed by atoms with van der Waals surface area (Å²) < 4.78 is 0. The molecule has 0 aromatic heterocycles. The van der Waals surface area contributed by atoms with Gasteiger partial charge in [0.1, 0.15) is 5.78 Å². The molecule has 0 aromatic carbocycles. The van der Waals surface area contributed by atoms with E-state index in [0.29, 0.717) is 11.7 Å². The van der Waals surface area contributed by atoms with E-state index >= 15 is 0 Å². The third-order valence-corrected chi connectivity index (χ3v) is 4.18. The molecule has 0 aliphatic heterocycles. The topological polar surface area (TPSA) is 17.1 Å². The number of Topliss-reactive ketones (excluding diaryl/α,β-unsaturated/α-hetero) is 1. The fourth-order valence-electron chi connectivity index (χ4n) is 2.35. The van der Waals surface area contributed by atoms with Crippen LogP contribution in [-0.4, -0.2) is 5.78 Å². The zero-order valence-corrected chi connectivity index (χ0v) is 8.68. The van der Waals surface area contributed by atoms with Crippen molar-refractivity contribution < 1.29 is 4.79 Å². The molecule has 0 aromatic rings. The number of carbonyl (C=O) groups is 1. The number of hydrogen-bond donors (Lipinski definition) is 0. The van der Waals surface area contributed by atoms with E-state index in [4.69, 9.17) is 0 Å². The average Bonchev–Trinajstić information content (AvgIpc) is 2.08. The van der Waals surface area contributed by atoms with E-state index in [1.54, 1.807) is 0 Å². The molecule has 0 spiro atoms. The van der Waals surface area contributed by atoms with Crippen LogP contribution in [-0.2, 0) is 4.79 Å². The average molecular weight is 168 g/mol. The van der Waals surface area contributed by atoms with Gasteiger partial charge in [-0.1, -0.05) is 27.7 Å². The number of hydrogen-bond acceptors (Lipinski definition) is 1. The van der Waals surface area contributed by atoms with Gasteiger partial charge in [0, 0.05) is 12.3 Å². The van der Waals surface area contributed by atoms with Gasteiger partial charge in [-0.3, -0.25) is 4.79 Å². The van der Waals surface area contributed by atoms with Crippen molar-refractivity contribution in [3.8, 4) is 0 Å². The molecule has 0 saturated heterocycles. The second kappa shape index (κ2) is 3.20. The van der Waals surface area contributed by atoms with Crippen LogP contribution in [0.15, 0.2) is 0 Å². The highest BCUT2D eigenvalue weighted by Gasteiger charge is 2.41. The molecule has 1 aliphatic carbocycles. The van der Waals surface area contributed by atoms with Crippen LogP contribution in [0.3, 0.4) is 0 Å². The van der Waals surface area contributed by atoms with Crippen LogP contribution in [0.4, 0.5) is 0 Å². The second-order valence-electron chi connectivity index (χ2n) is 4.49. The van der Waals surface area contributed by atoms with Crippen molar-refractivity contribution in [2.45, 2.75) is 47.0 Å². The van der Waals surface area contributed by atoms with Crippen molar-refractivity contribution in [2.75, 3.05) is 0 Å². The lowest BCUT2D eigenvalue weighted by Gasteiger charge is -2.43. The van der Waals surface area contributed by atoms with Crippen LogP contribution in [0, 0.1) is 17.3 Å². The van der Waals surface area contributed by atoms with Crippen LogP contribution >= 0.6 is 0 Å². The summed E-state index contributed by atoms with van der Waals surface area (Å²) in [7, 11) is 0. The van der Waals surface area contributed by atoms with E-state index in [9.17, 15) is 4.79 Å². The first-order chi connectivity index (χ1) is 5.52. The van der Waals surface area contributed by atoms with Gasteiger partial charge in [0.25, 0.3) is 0 Å². The Labute approximate surface area is 75.5 Å². The van der Waals surface area contributed by atoms with E-state index in [-0.39, 0.29) is 11.3 Å². The molecule has 12 heavy (non-hydrogen) atoms. The Balaban J connectivity index is 2.85. The summed E-state index contributed by atoms with van der Waals surface area (Å²) in [6.07, 6.45) is 3.02. The molecule has 1 nitrogen and oxygen atoms in total. The minimum absolute atomic E-state index is 0.259. The number of ketones is 1. The van der Waals surface area contributed by atoms with Gasteiger partial charge in [-0.15, -0.1) is 0 Å². The van der Waals surface area contributed by atoms with Gasteiger partial charge in [-0.05, 0) is 24.2 Å². The molecule has 3 unspecified atom stereocenters. The summed E-state index contributed by atoms with van der Waals surface area (Å²) in [4.78, 5) is 11.5. The van der Waals surface area contributed by atoms with Gasteiger partial charge >= 0.3 is 0 Å². The second-order valence-corrected chi connectivity index (χ2v) is 4.49. The molecule has 1 heteroatoms. The summed E-state index contributed by atoms with van der Waals surface area (Å²) >= 11 is 0. The highest BCUT2D eigenvalue weighted by Crippen LogP contribution is 2.45. The van der Waals surface area contributed by atoms with Gasteiger partial charge in [-0.25, -0.2) is 0 Å². The lowest BCUT2D eigenvalue weighted by molar-refractivity contribution is -0.132. The van der Waals surface area contributed by atoms with E-state index in [1.165, 1.54) is 0 Å². The molecular weight excluding hydrogens is 148 g/mol. The highest BCUT2D eigenvalue weighted by atomic mass is 16.1. The van der Waals surface area contributed by atoms with Crippen molar-refractivity contribution >= 4 is 5.78 Å². The van der Waals surface area contributed by atoms with Crippen molar-refractivity contribution in [3.63, 3.8) is 0 Å². The van der Waals surface area contributed by atoms with Crippen molar-refractivity contribution in [1.29, 1.82) is 0 Å². The molecule has 1 saturated carbocycles. The van der Waals surface area contributed by atoms with Gasteiger partial charge < -0.3 is 0 Å².